The predicted molar refractivity (Wildman–Crippen MR) is 63.8 cm³/mol. The average Bonchev–Trinajstić information content (AvgIpc) is 2.15. The Hall–Kier alpha value is -0.850. The minimum absolute atomic E-state index is 0.463. The first kappa shape index (κ1) is 10.7. The second-order valence-electron chi connectivity index (χ2n) is 5.98. The molecule has 1 aromatic rings. The molecule has 0 fully saturated rings. The summed E-state index contributed by atoms with van der Waals surface area (Å²) >= 11 is 0. The molecule has 0 amide bonds. The zero-order valence-corrected chi connectivity index (χ0v) is 10.1. The summed E-state index contributed by atoms with van der Waals surface area (Å²) in [5.41, 5.74) is 3.28. The Bertz CT molecular complexity index is 335. The van der Waals surface area contributed by atoms with Crippen LogP contribution in [0.2, 0.25) is 0 Å². The number of rotatable bonds is 1. The topological polar surface area (TPSA) is 12.9 Å². The second-order valence-corrected chi connectivity index (χ2v) is 5.98. The van der Waals surface area contributed by atoms with Gasteiger partial charge in [0.15, 0.2) is 0 Å². The van der Waals surface area contributed by atoms with E-state index in [4.69, 9.17) is 0 Å². The summed E-state index contributed by atoms with van der Waals surface area (Å²) in [5.74, 6) is 0.863. The summed E-state index contributed by atoms with van der Waals surface area (Å²) in [6, 6.07) is 4.31. The van der Waals surface area contributed by atoms with E-state index in [1.807, 2.05) is 6.20 Å². The Labute approximate surface area is 92.9 Å². The maximum Gasteiger partial charge on any atom is 0.0435 e. The molecule has 0 aliphatic heterocycles. The number of hydrogen-bond acceptors (Lipinski definition) is 1. The fraction of sp³-hybridized carbons (Fsp3) is 0.643. The number of nitrogens with zero attached hydrogens (tertiary/aromatic N) is 1. The first-order valence-corrected chi connectivity index (χ1v) is 5.97. The fourth-order valence-corrected chi connectivity index (χ4v) is 2.68. The monoisotopic (exact) mass is 203 g/mol. The average molecular weight is 203 g/mol. The summed E-state index contributed by atoms with van der Waals surface area (Å²) in [4.78, 5) is 4.45. The predicted octanol–water partition coefficient (Wildman–Crippen LogP) is 3.62. The summed E-state index contributed by atoms with van der Waals surface area (Å²) in [5, 5.41) is 0. The summed E-state index contributed by atoms with van der Waals surface area (Å²) < 4.78 is 0. The third-order valence-electron chi connectivity index (χ3n) is 3.18. The van der Waals surface area contributed by atoms with Crippen LogP contribution in [0.1, 0.15) is 44.9 Å². The highest BCUT2D eigenvalue weighted by Crippen LogP contribution is 2.33. The molecule has 1 heterocycles. The molecule has 2 rings (SSSR count). The molecule has 0 bridgehead atoms. The molecule has 0 spiro atoms. The number of hydrogen-bond donors (Lipinski definition) is 0. The van der Waals surface area contributed by atoms with Crippen molar-refractivity contribution >= 4 is 0 Å². The number of fused-ring (bicyclic) bond motifs is 1. The minimum Gasteiger partial charge on any atom is -0.261 e. The van der Waals surface area contributed by atoms with Gasteiger partial charge in [-0.15, -0.1) is 0 Å². The van der Waals surface area contributed by atoms with Crippen LogP contribution in [-0.4, -0.2) is 4.98 Å². The highest BCUT2D eigenvalue weighted by molar-refractivity contribution is 5.22. The molecule has 0 saturated heterocycles. The summed E-state index contributed by atoms with van der Waals surface area (Å²) in [7, 11) is 0. The Balaban J connectivity index is 2.06. The molecule has 1 atom stereocenters. The third-order valence-corrected chi connectivity index (χ3v) is 3.18. The maximum absolute atomic E-state index is 4.45. The van der Waals surface area contributed by atoms with Crippen molar-refractivity contribution in [2.75, 3.05) is 0 Å². The zero-order valence-electron chi connectivity index (χ0n) is 10.1. The normalized spacial score (nSPS) is 21.1. The molecule has 1 nitrogen and oxygen atoms in total. The largest absolute Gasteiger partial charge is 0.261 e. The maximum atomic E-state index is 4.45. The quantitative estimate of drug-likeness (QED) is 0.679. The van der Waals surface area contributed by atoms with Gasteiger partial charge in [0.2, 0.25) is 0 Å². The standard InChI is InChI=1S/C14H21N/c1-14(2,3)10-11-6-7-13-12(9-11)5-4-8-15-13/h4-5,8,11H,6-7,9-10H2,1-3H3. The molecule has 1 aliphatic rings. The van der Waals surface area contributed by atoms with Crippen LogP contribution >= 0.6 is 0 Å². The van der Waals surface area contributed by atoms with E-state index in [1.54, 1.807) is 0 Å². The van der Waals surface area contributed by atoms with Gasteiger partial charge >= 0.3 is 0 Å². The van der Waals surface area contributed by atoms with E-state index in [0.29, 0.717) is 5.41 Å². The van der Waals surface area contributed by atoms with Gasteiger partial charge in [-0.1, -0.05) is 26.8 Å². The lowest BCUT2D eigenvalue weighted by atomic mass is 9.77. The van der Waals surface area contributed by atoms with Gasteiger partial charge in [0.1, 0.15) is 0 Å². The molecule has 0 radical (unpaired) electrons. The fourth-order valence-electron chi connectivity index (χ4n) is 2.68. The van der Waals surface area contributed by atoms with Crippen LogP contribution in [-0.2, 0) is 12.8 Å². The molecule has 1 aromatic heterocycles. The van der Waals surface area contributed by atoms with Gasteiger partial charge in [0, 0.05) is 11.9 Å². The molecule has 1 heteroatoms. The van der Waals surface area contributed by atoms with Crippen molar-refractivity contribution in [1.82, 2.24) is 4.98 Å². The van der Waals surface area contributed by atoms with Gasteiger partial charge in [-0.05, 0) is 48.6 Å². The van der Waals surface area contributed by atoms with Crippen LogP contribution in [0, 0.1) is 11.3 Å². The van der Waals surface area contributed by atoms with Gasteiger partial charge in [0.05, 0.1) is 0 Å². The lowest BCUT2D eigenvalue weighted by Crippen LogP contribution is -2.20. The van der Waals surface area contributed by atoms with E-state index in [2.05, 4.69) is 37.9 Å². The molecule has 1 unspecified atom stereocenters. The number of aryl methyl sites for hydroxylation is 1. The van der Waals surface area contributed by atoms with Crippen molar-refractivity contribution in [1.29, 1.82) is 0 Å². The van der Waals surface area contributed by atoms with Gasteiger partial charge in [-0.2, -0.15) is 0 Å². The van der Waals surface area contributed by atoms with Crippen LogP contribution < -0.4 is 0 Å². The minimum atomic E-state index is 0.463. The number of aromatic nitrogens is 1. The lowest BCUT2D eigenvalue weighted by Gasteiger charge is -2.29. The molecule has 1 aliphatic carbocycles. The third kappa shape index (κ3) is 2.80. The molecular formula is C14H21N. The van der Waals surface area contributed by atoms with Crippen LogP contribution in [0.4, 0.5) is 0 Å². The Morgan fingerprint density at radius 1 is 1.40 bits per heavy atom. The highest BCUT2D eigenvalue weighted by atomic mass is 14.7. The first-order chi connectivity index (χ1) is 7.04. The smallest absolute Gasteiger partial charge is 0.0435 e. The Morgan fingerprint density at radius 2 is 2.20 bits per heavy atom. The van der Waals surface area contributed by atoms with E-state index < -0.39 is 0 Å². The van der Waals surface area contributed by atoms with E-state index in [0.717, 1.165) is 5.92 Å². The van der Waals surface area contributed by atoms with Crippen molar-refractivity contribution in [3.8, 4) is 0 Å². The first-order valence-electron chi connectivity index (χ1n) is 5.97. The Morgan fingerprint density at radius 3 is 2.93 bits per heavy atom. The van der Waals surface area contributed by atoms with E-state index >= 15 is 0 Å². The van der Waals surface area contributed by atoms with Crippen LogP contribution in [0.3, 0.4) is 0 Å². The molecule has 15 heavy (non-hydrogen) atoms. The van der Waals surface area contributed by atoms with Gasteiger partial charge in [-0.3, -0.25) is 4.98 Å². The summed E-state index contributed by atoms with van der Waals surface area (Å²) in [6.07, 6.45) is 6.99. The SMILES string of the molecule is CC(C)(C)CC1CCc2ncccc2C1. The van der Waals surface area contributed by atoms with Crippen molar-refractivity contribution < 1.29 is 0 Å². The van der Waals surface area contributed by atoms with E-state index in [1.165, 1.54) is 36.9 Å². The van der Waals surface area contributed by atoms with Crippen molar-refractivity contribution in [2.24, 2.45) is 11.3 Å². The van der Waals surface area contributed by atoms with Crippen molar-refractivity contribution in [2.45, 2.75) is 46.5 Å². The van der Waals surface area contributed by atoms with Gasteiger partial charge in [-0.25, -0.2) is 0 Å². The van der Waals surface area contributed by atoms with Crippen molar-refractivity contribution in [3.63, 3.8) is 0 Å². The molecular weight excluding hydrogens is 182 g/mol. The molecule has 82 valence electrons. The van der Waals surface area contributed by atoms with E-state index in [9.17, 15) is 0 Å². The van der Waals surface area contributed by atoms with Crippen molar-refractivity contribution in [3.05, 3.63) is 29.6 Å². The molecule has 0 saturated carbocycles. The van der Waals surface area contributed by atoms with Crippen LogP contribution in [0.5, 0.6) is 0 Å². The van der Waals surface area contributed by atoms with Crippen LogP contribution in [0.15, 0.2) is 18.3 Å². The lowest BCUT2D eigenvalue weighted by molar-refractivity contribution is 0.272. The highest BCUT2D eigenvalue weighted by Gasteiger charge is 2.23. The van der Waals surface area contributed by atoms with E-state index in [-0.39, 0.29) is 0 Å². The molecule has 0 N–H and O–H groups in total. The Kier molecular flexibility index (Phi) is 2.81. The van der Waals surface area contributed by atoms with Crippen LogP contribution in [0.25, 0.3) is 0 Å². The second kappa shape index (κ2) is 3.96. The van der Waals surface area contributed by atoms with Gasteiger partial charge in [0.25, 0.3) is 0 Å². The zero-order chi connectivity index (χ0) is 10.9. The number of pyridine rings is 1. The summed E-state index contributed by atoms with van der Waals surface area (Å²) in [6.45, 7) is 7.02. The molecule has 0 aromatic carbocycles. The van der Waals surface area contributed by atoms with Gasteiger partial charge < -0.3 is 0 Å².